The maximum absolute atomic E-state index is 4.08. The van der Waals surface area contributed by atoms with E-state index < -0.39 is 0 Å². The topological polar surface area (TPSA) is 24.9 Å². The van der Waals surface area contributed by atoms with Gasteiger partial charge in [0.1, 0.15) is 0 Å². The Labute approximate surface area is 80.4 Å². The molecule has 0 fully saturated rings. The Morgan fingerprint density at radius 3 is 2.85 bits per heavy atom. The molecule has 1 aromatic heterocycles. The van der Waals surface area contributed by atoms with Crippen LogP contribution in [-0.4, -0.2) is 18.1 Å². The van der Waals surface area contributed by atoms with Crippen LogP contribution in [0.15, 0.2) is 18.5 Å². The molecule has 0 saturated carbocycles. The Morgan fingerprint density at radius 1 is 1.54 bits per heavy atom. The monoisotopic (exact) mass is 178 g/mol. The maximum atomic E-state index is 4.08. The second-order valence-electron chi connectivity index (χ2n) is 3.40. The summed E-state index contributed by atoms with van der Waals surface area (Å²) in [6.45, 7) is 4.32. The Kier molecular flexibility index (Phi) is 3.90. The number of aromatic nitrogens is 1. The molecule has 1 rings (SSSR count). The van der Waals surface area contributed by atoms with Gasteiger partial charge in [-0.2, -0.15) is 0 Å². The van der Waals surface area contributed by atoms with Crippen molar-refractivity contribution in [3.05, 3.63) is 29.6 Å². The van der Waals surface area contributed by atoms with E-state index in [0.717, 1.165) is 12.8 Å². The Balaban J connectivity index is 2.67. The molecule has 1 aromatic rings. The molecule has 0 aliphatic rings. The maximum Gasteiger partial charge on any atom is 0.0299 e. The minimum atomic E-state index is 0.584. The number of hydrogen-bond donors (Lipinski definition) is 1. The number of hydrogen-bond acceptors (Lipinski definition) is 2. The zero-order valence-electron chi connectivity index (χ0n) is 8.67. The van der Waals surface area contributed by atoms with Gasteiger partial charge in [0, 0.05) is 18.4 Å². The molecule has 0 spiro atoms. The summed E-state index contributed by atoms with van der Waals surface area (Å²) in [5.41, 5.74) is 2.69. The largest absolute Gasteiger partial charge is 0.317 e. The lowest BCUT2D eigenvalue weighted by Crippen LogP contribution is -2.26. The summed E-state index contributed by atoms with van der Waals surface area (Å²) in [7, 11) is 2.02. The summed E-state index contributed by atoms with van der Waals surface area (Å²) in [5, 5.41) is 3.31. The zero-order valence-corrected chi connectivity index (χ0v) is 8.67. The Hall–Kier alpha value is -0.890. The van der Waals surface area contributed by atoms with E-state index in [1.54, 1.807) is 0 Å². The lowest BCUT2D eigenvalue weighted by molar-refractivity contribution is 0.542. The number of likely N-dealkylation sites (N-methyl/N-ethyl adjacent to an activating group) is 1. The standard InChI is InChI=1S/C11H18N2/c1-4-11(12-3)7-10-5-6-13-8-9(10)2/h5-6,8,11-12H,4,7H2,1-3H3. The molecule has 0 aromatic carbocycles. The van der Waals surface area contributed by atoms with Gasteiger partial charge in [-0.15, -0.1) is 0 Å². The number of nitrogens with zero attached hydrogens (tertiary/aromatic N) is 1. The van der Waals surface area contributed by atoms with Gasteiger partial charge in [0.15, 0.2) is 0 Å². The molecule has 0 radical (unpaired) electrons. The summed E-state index contributed by atoms with van der Waals surface area (Å²) in [4.78, 5) is 4.08. The summed E-state index contributed by atoms with van der Waals surface area (Å²) < 4.78 is 0. The molecule has 0 aliphatic heterocycles. The smallest absolute Gasteiger partial charge is 0.0299 e. The van der Waals surface area contributed by atoms with Crippen molar-refractivity contribution in [2.45, 2.75) is 32.7 Å². The SMILES string of the molecule is CCC(Cc1ccncc1C)NC. The normalized spacial score (nSPS) is 12.8. The van der Waals surface area contributed by atoms with Gasteiger partial charge in [-0.1, -0.05) is 6.92 Å². The van der Waals surface area contributed by atoms with Crippen LogP contribution in [0.5, 0.6) is 0 Å². The summed E-state index contributed by atoms with van der Waals surface area (Å²) in [6.07, 6.45) is 6.06. The second kappa shape index (κ2) is 4.97. The van der Waals surface area contributed by atoms with Gasteiger partial charge in [0.25, 0.3) is 0 Å². The zero-order chi connectivity index (χ0) is 9.68. The Bertz CT molecular complexity index is 254. The van der Waals surface area contributed by atoms with Crippen LogP contribution in [0, 0.1) is 6.92 Å². The fourth-order valence-corrected chi connectivity index (χ4v) is 1.45. The highest BCUT2D eigenvalue weighted by Gasteiger charge is 2.05. The predicted octanol–water partition coefficient (Wildman–Crippen LogP) is 1.93. The van der Waals surface area contributed by atoms with Gasteiger partial charge in [-0.05, 0) is 44.0 Å². The predicted molar refractivity (Wildman–Crippen MR) is 55.8 cm³/mol. The van der Waals surface area contributed by atoms with Crippen molar-refractivity contribution in [3.8, 4) is 0 Å². The first-order valence-corrected chi connectivity index (χ1v) is 4.84. The Morgan fingerprint density at radius 2 is 2.31 bits per heavy atom. The van der Waals surface area contributed by atoms with Crippen molar-refractivity contribution < 1.29 is 0 Å². The van der Waals surface area contributed by atoms with Crippen molar-refractivity contribution in [2.24, 2.45) is 0 Å². The first kappa shape index (κ1) is 10.2. The average molecular weight is 178 g/mol. The average Bonchev–Trinajstić information content (AvgIpc) is 2.17. The first-order valence-electron chi connectivity index (χ1n) is 4.84. The molecule has 0 aliphatic carbocycles. The molecule has 13 heavy (non-hydrogen) atoms. The fraction of sp³-hybridized carbons (Fsp3) is 0.545. The van der Waals surface area contributed by atoms with E-state index >= 15 is 0 Å². The summed E-state index contributed by atoms with van der Waals surface area (Å²) in [6, 6.07) is 2.69. The van der Waals surface area contributed by atoms with Crippen molar-refractivity contribution in [1.82, 2.24) is 10.3 Å². The van der Waals surface area contributed by atoms with Crippen LogP contribution in [0.2, 0.25) is 0 Å². The number of pyridine rings is 1. The van der Waals surface area contributed by atoms with Gasteiger partial charge in [0.05, 0.1) is 0 Å². The van der Waals surface area contributed by atoms with Crippen molar-refractivity contribution in [3.63, 3.8) is 0 Å². The van der Waals surface area contributed by atoms with E-state index in [2.05, 4.69) is 30.2 Å². The fourth-order valence-electron chi connectivity index (χ4n) is 1.45. The van der Waals surface area contributed by atoms with Crippen LogP contribution >= 0.6 is 0 Å². The van der Waals surface area contributed by atoms with E-state index in [0.29, 0.717) is 6.04 Å². The van der Waals surface area contributed by atoms with E-state index in [9.17, 15) is 0 Å². The van der Waals surface area contributed by atoms with Crippen LogP contribution in [-0.2, 0) is 6.42 Å². The third kappa shape index (κ3) is 2.81. The highest BCUT2D eigenvalue weighted by Crippen LogP contribution is 2.09. The van der Waals surface area contributed by atoms with Crippen LogP contribution in [0.4, 0.5) is 0 Å². The van der Waals surface area contributed by atoms with Gasteiger partial charge < -0.3 is 5.32 Å². The first-order chi connectivity index (χ1) is 6.27. The lowest BCUT2D eigenvalue weighted by Gasteiger charge is -2.14. The van der Waals surface area contributed by atoms with E-state index in [1.165, 1.54) is 11.1 Å². The molecule has 0 bridgehead atoms. The summed E-state index contributed by atoms with van der Waals surface area (Å²) in [5.74, 6) is 0. The van der Waals surface area contributed by atoms with Gasteiger partial charge in [0.2, 0.25) is 0 Å². The molecule has 72 valence electrons. The van der Waals surface area contributed by atoms with E-state index in [-0.39, 0.29) is 0 Å². The second-order valence-corrected chi connectivity index (χ2v) is 3.40. The van der Waals surface area contributed by atoms with Gasteiger partial charge in [-0.25, -0.2) is 0 Å². The van der Waals surface area contributed by atoms with Gasteiger partial charge in [-0.3, -0.25) is 4.98 Å². The highest BCUT2D eigenvalue weighted by molar-refractivity contribution is 5.22. The van der Waals surface area contributed by atoms with Crippen LogP contribution in [0.1, 0.15) is 24.5 Å². The third-order valence-electron chi connectivity index (χ3n) is 2.50. The van der Waals surface area contributed by atoms with Crippen molar-refractivity contribution in [1.29, 1.82) is 0 Å². The van der Waals surface area contributed by atoms with Crippen molar-refractivity contribution in [2.75, 3.05) is 7.05 Å². The summed E-state index contributed by atoms with van der Waals surface area (Å²) >= 11 is 0. The molecule has 0 saturated heterocycles. The van der Waals surface area contributed by atoms with Crippen LogP contribution in [0.3, 0.4) is 0 Å². The molecule has 2 nitrogen and oxygen atoms in total. The van der Waals surface area contributed by atoms with E-state index in [1.807, 2.05) is 19.4 Å². The van der Waals surface area contributed by atoms with Crippen molar-refractivity contribution >= 4 is 0 Å². The molecule has 2 heteroatoms. The van der Waals surface area contributed by atoms with Crippen LogP contribution < -0.4 is 5.32 Å². The molecule has 1 N–H and O–H groups in total. The van der Waals surface area contributed by atoms with Gasteiger partial charge >= 0.3 is 0 Å². The molecule has 1 unspecified atom stereocenters. The molecule has 1 atom stereocenters. The minimum Gasteiger partial charge on any atom is -0.317 e. The molecular formula is C11H18N2. The number of aryl methyl sites for hydroxylation is 1. The number of nitrogens with one attached hydrogen (secondary N) is 1. The van der Waals surface area contributed by atoms with Crippen LogP contribution in [0.25, 0.3) is 0 Å². The number of rotatable bonds is 4. The molecule has 1 heterocycles. The highest BCUT2D eigenvalue weighted by atomic mass is 14.9. The molecule has 0 amide bonds. The van der Waals surface area contributed by atoms with E-state index in [4.69, 9.17) is 0 Å². The lowest BCUT2D eigenvalue weighted by atomic mass is 10.0. The third-order valence-corrected chi connectivity index (χ3v) is 2.50. The molecular weight excluding hydrogens is 160 g/mol. The minimum absolute atomic E-state index is 0.584. The quantitative estimate of drug-likeness (QED) is 0.762.